The van der Waals surface area contributed by atoms with Gasteiger partial charge in [-0.2, -0.15) is 0 Å². The van der Waals surface area contributed by atoms with Gasteiger partial charge in [0.25, 0.3) is 5.91 Å². The van der Waals surface area contributed by atoms with Crippen molar-refractivity contribution in [2.24, 2.45) is 11.3 Å². The van der Waals surface area contributed by atoms with Gasteiger partial charge in [0.15, 0.2) is 5.69 Å². The summed E-state index contributed by atoms with van der Waals surface area (Å²) in [6.07, 6.45) is 7.75. The summed E-state index contributed by atoms with van der Waals surface area (Å²) in [5, 5.41) is 5.58. The topological polar surface area (TPSA) is 79.3 Å². The first-order valence-corrected chi connectivity index (χ1v) is 10.2. The van der Waals surface area contributed by atoms with Crippen molar-refractivity contribution >= 4 is 17.9 Å². The third-order valence-corrected chi connectivity index (χ3v) is 5.45. The van der Waals surface area contributed by atoms with Crippen molar-refractivity contribution in [2.45, 2.75) is 59.2 Å². The van der Waals surface area contributed by atoms with Gasteiger partial charge in [-0.15, -0.1) is 0 Å². The maximum Gasteiger partial charge on any atom is 0.272 e. The van der Waals surface area contributed by atoms with E-state index in [9.17, 15) is 9.59 Å². The Morgan fingerprint density at radius 1 is 1.25 bits per heavy atom. The van der Waals surface area contributed by atoms with Crippen LogP contribution >= 0.6 is 0 Å². The first-order valence-electron chi connectivity index (χ1n) is 10.2. The summed E-state index contributed by atoms with van der Waals surface area (Å²) in [6.45, 7) is 8.34. The highest BCUT2D eigenvalue weighted by Gasteiger charge is 2.34. The largest absolute Gasteiger partial charge is 0.357 e. The molecule has 1 aliphatic heterocycles. The molecule has 7 nitrogen and oxygen atoms in total. The molecule has 0 unspecified atom stereocenters. The molecule has 1 aromatic heterocycles. The SMILES string of the molecule is CNC(=O)[C@@H](NC(=O)c1nc(/C=C/C2CC2)n2c1CN(C)CCC2)C(C)(C)C. The molecule has 0 saturated heterocycles. The molecule has 1 aliphatic carbocycles. The van der Waals surface area contributed by atoms with Crippen molar-refractivity contribution in [1.29, 1.82) is 0 Å². The molecule has 0 bridgehead atoms. The molecule has 0 radical (unpaired) electrons. The standard InChI is InChI=1S/C21H33N5O2/c1-21(2,3)18(20(28)22-4)24-19(27)17-15-13-25(5)11-6-12-26(15)16(23-17)10-9-14-7-8-14/h9-10,14,18H,6-8,11-13H2,1-5H3,(H,22,28)(H,24,27)/b10-9+/t18-/m1/s1. The van der Waals surface area contributed by atoms with Gasteiger partial charge in [0, 0.05) is 20.1 Å². The van der Waals surface area contributed by atoms with Crippen molar-refractivity contribution in [3.05, 3.63) is 23.3 Å². The van der Waals surface area contributed by atoms with Crippen LogP contribution in [0.25, 0.3) is 6.08 Å². The normalized spacial score (nSPS) is 19.2. The molecule has 1 fully saturated rings. The molecular formula is C21H33N5O2. The molecule has 0 spiro atoms. The van der Waals surface area contributed by atoms with E-state index in [2.05, 4.69) is 39.3 Å². The minimum absolute atomic E-state index is 0.197. The summed E-state index contributed by atoms with van der Waals surface area (Å²) in [5.74, 6) is 1.01. The lowest BCUT2D eigenvalue weighted by Crippen LogP contribution is -2.53. The van der Waals surface area contributed by atoms with Crippen LogP contribution in [0.3, 0.4) is 0 Å². The van der Waals surface area contributed by atoms with E-state index in [0.29, 0.717) is 18.2 Å². The number of amides is 2. The van der Waals surface area contributed by atoms with E-state index in [1.165, 1.54) is 12.8 Å². The second-order valence-corrected chi connectivity index (χ2v) is 9.09. The van der Waals surface area contributed by atoms with Crippen LogP contribution in [0.15, 0.2) is 6.08 Å². The Morgan fingerprint density at radius 2 is 1.96 bits per heavy atom. The van der Waals surface area contributed by atoms with Crippen LogP contribution in [-0.2, 0) is 17.9 Å². The Balaban J connectivity index is 1.93. The summed E-state index contributed by atoms with van der Waals surface area (Å²) in [6, 6.07) is -0.628. The molecule has 1 saturated carbocycles. The van der Waals surface area contributed by atoms with Gasteiger partial charge in [0.1, 0.15) is 11.9 Å². The van der Waals surface area contributed by atoms with Crippen LogP contribution in [0.5, 0.6) is 0 Å². The maximum absolute atomic E-state index is 13.2. The highest BCUT2D eigenvalue weighted by Crippen LogP contribution is 2.31. The summed E-state index contributed by atoms with van der Waals surface area (Å²) in [5.41, 5.74) is 0.956. The predicted molar refractivity (Wildman–Crippen MR) is 110 cm³/mol. The van der Waals surface area contributed by atoms with E-state index >= 15 is 0 Å². The Bertz CT molecular complexity index is 770. The first kappa shape index (κ1) is 20.6. The van der Waals surface area contributed by atoms with Crippen LogP contribution in [0.1, 0.15) is 62.0 Å². The van der Waals surface area contributed by atoms with Crippen molar-refractivity contribution < 1.29 is 9.59 Å². The monoisotopic (exact) mass is 387 g/mol. The number of allylic oxidation sites excluding steroid dienone is 1. The molecule has 0 aromatic carbocycles. The number of hydrogen-bond acceptors (Lipinski definition) is 4. The smallest absolute Gasteiger partial charge is 0.272 e. The summed E-state index contributed by atoms with van der Waals surface area (Å²) in [7, 11) is 3.65. The molecule has 7 heteroatoms. The minimum Gasteiger partial charge on any atom is -0.357 e. The van der Waals surface area contributed by atoms with Crippen molar-refractivity contribution in [3.8, 4) is 0 Å². The minimum atomic E-state index is -0.628. The fourth-order valence-electron chi connectivity index (χ4n) is 3.59. The number of carbonyl (C=O) groups is 2. The summed E-state index contributed by atoms with van der Waals surface area (Å²) in [4.78, 5) is 32.4. The summed E-state index contributed by atoms with van der Waals surface area (Å²) < 4.78 is 2.17. The van der Waals surface area contributed by atoms with E-state index in [1.54, 1.807) is 7.05 Å². The van der Waals surface area contributed by atoms with Crippen molar-refractivity contribution in [2.75, 3.05) is 20.6 Å². The average Bonchev–Trinajstić information content (AvgIpc) is 3.42. The van der Waals surface area contributed by atoms with Crippen LogP contribution in [-0.4, -0.2) is 52.9 Å². The third kappa shape index (κ3) is 4.63. The van der Waals surface area contributed by atoms with Crippen LogP contribution in [0.2, 0.25) is 0 Å². The number of fused-ring (bicyclic) bond motifs is 1. The van der Waals surface area contributed by atoms with Crippen LogP contribution < -0.4 is 10.6 Å². The number of aromatic nitrogens is 2. The van der Waals surface area contributed by atoms with Crippen LogP contribution in [0, 0.1) is 11.3 Å². The molecule has 28 heavy (non-hydrogen) atoms. The lowest BCUT2D eigenvalue weighted by atomic mass is 9.86. The lowest BCUT2D eigenvalue weighted by molar-refractivity contribution is -0.124. The predicted octanol–water partition coefficient (Wildman–Crippen LogP) is 2.03. The number of carbonyl (C=O) groups excluding carboxylic acids is 2. The van der Waals surface area contributed by atoms with E-state index in [0.717, 1.165) is 31.0 Å². The highest BCUT2D eigenvalue weighted by molar-refractivity contribution is 5.97. The van der Waals surface area contributed by atoms with Crippen LogP contribution in [0.4, 0.5) is 0 Å². The maximum atomic E-state index is 13.2. The number of likely N-dealkylation sites (N-methyl/N-ethyl adjacent to an activating group) is 1. The van der Waals surface area contributed by atoms with E-state index in [1.807, 2.05) is 20.8 Å². The van der Waals surface area contributed by atoms with E-state index in [-0.39, 0.29) is 11.8 Å². The van der Waals surface area contributed by atoms with Gasteiger partial charge in [-0.05, 0) is 50.3 Å². The number of imidazole rings is 1. The third-order valence-electron chi connectivity index (χ3n) is 5.45. The molecule has 1 aromatic rings. The molecule has 1 atom stereocenters. The second-order valence-electron chi connectivity index (χ2n) is 9.09. The second kappa shape index (κ2) is 8.07. The summed E-state index contributed by atoms with van der Waals surface area (Å²) >= 11 is 0. The average molecular weight is 388 g/mol. The van der Waals surface area contributed by atoms with E-state index in [4.69, 9.17) is 4.98 Å². The molecule has 2 amide bonds. The molecule has 2 N–H and O–H groups in total. The zero-order chi connectivity index (χ0) is 20.5. The fraction of sp³-hybridized carbons (Fsp3) is 0.667. The fourth-order valence-corrected chi connectivity index (χ4v) is 3.59. The first-order chi connectivity index (χ1) is 13.2. The van der Waals surface area contributed by atoms with Crippen molar-refractivity contribution in [3.63, 3.8) is 0 Å². The van der Waals surface area contributed by atoms with Gasteiger partial charge in [0.05, 0.1) is 5.69 Å². The molecule has 2 heterocycles. The Hall–Kier alpha value is -2.15. The molecule has 154 valence electrons. The lowest BCUT2D eigenvalue weighted by Gasteiger charge is -2.29. The Labute approximate surface area is 167 Å². The van der Waals surface area contributed by atoms with Gasteiger partial charge in [0.2, 0.25) is 5.91 Å². The Kier molecular flexibility index (Phi) is 5.93. The molecule has 3 rings (SSSR count). The number of rotatable bonds is 5. The number of nitrogens with one attached hydrogen (secondary N) is 2. The molecular weight excluding hydrogens is 354 g/mol. The zero-order valence-corrected chi connectivity index (χ0v) is 17.7. The quantitative estimate of drug-likeness (QED) is 0.810. The highest BCUT2D eigenvalue weighted by atomic mass is 16.2. The van der Waals surface area contributed by atoms with Gasteiger partial charge < -0.3 is 20.1 Å². The van der Waals surface area contributed by atoms with Gasteiger partial charge in [-0.25, -0.2) is 4.98 Å². The zero-order valence-electron chi connectivity index (χ0n) is 17.7. The van der Waals surface area contributed by atoms with E-state index < -0.39 is 11.5 Å². The van der Waals surface area contributed by atoms with Gasteiger partial charge in [-0.3, -0.25) is 9.59 Å². The van der Waals surface area contributed by atoms with Gasteiger partial charge in [-0.1, -0.05) is 26.8 Å². The Morgan fingerprint density at radius 3 is 2.57 bits per heavy atom. The number of nitrogens with zero attached hydrogens (tertiary/aromatic N) is 3. The van der Waals surface area contributed by atoms with Crippen molar-refractivity contribution in [1.82, 2.24) is 25.1 Å². The molecule has 2 aliphatic rings. The van der Waals surface area contributed by atoms with Gasteiger partial charge >= 0.3 is 0 Å². The number of hydrogen-bond donors (Lipinski definition) is 2.